The minimum absolute atomic E-state index is 0.0142. The molecule has 0 N–H and O–H groups in total. The van der Waals surface area contributed by atoms with E-state index in [2.05, 4.69) is 0 Å². The van der Waals surface area contributed by atoms with Crippen molar-refractivity contribution < 1.29 is 47.4 Å². The zero-order valence-electron chi connectivity index (χ0n) is 51.6. The molecule has 0 spiro atoms. The molecule has 3 fully saturated rings. The number of ether oxygens (including phenoxy) is 3. The normalized spacial score (nSPS) is 14.1. The van der Waals surface area contributed by atoms with Crippen LogP contribution in [-0.2, 0) is 35.4 Å². The van der Waals surface area contributed by atoms with Crippen LogP contribution in [0.25, 0.3) is 32.7 Å². The van der Waals surface area contributed by atoms with Gasteiger partial charge < -0.3 is 61.7 Å². The van der Waals surface area contributed by atoms with E-state index in [0.717, 1.165) is 37.6 Å². The van der Waals surface area contributed by atoms with Crippen LogP contribution in [0.3, 0.4) is 0 Å². The lowest BCUT2D eigenvalue weighted by molar-refractivity contribution is 0.0514. The number of rotatable bonds is 12. The second-order valence-electron chi connectivity index (χ2n) is 21.6. The van der Waals surface area contributed by atoms with E-state index in [1.807, 2.05) is 140 Å². The summed E-state index contributed by atoms with van der Waals surface area (Å²) >= 11 is 1.43. The van der Waals surface area contributed by atoms with Crippen molar-refractivity contribution in [1.82, 2.24) is 28.4 Å². The van der Waals surface area contributed by atoms with Gasteiger partial charge in [-0.3, -0.25) is 28.8 Å². The Bertz CT molecular complexity index is 4160. The number of piperazine rings is 3. The standard InChI is InChI=1S/C24H25N3O4.C22H23N3O5.C22H23N3O4S/c1-3-31-24(30)20-21(18-11-7-8-12-19(18)25(2)23(20)29)26-13-15-27(16-14-26)22(28)17-9-5-4-6-10-17;2*1-3-29-22(28)18-19(15-7-4-5-8-16(15)23(2)21(18)27)24-10-12-25(13-11-24)20(26)17-9-6-14-30-17/h4-12H,3,13-16H2,1-2H3;2*4-9,14H,3,10-13H2,1-2H3. The second-order valence-corrected chi connectivity index (χ2v) is 22.6. The van der Waals surface area contributed by atoms with E-state index in [-0.39, 0.29) is 65.4 Å². The van der Waals surface area contributed by atoms with Gasteiger partial charge in [-0.15, -0.1) is 11.3 Å². The Morgan fingerprint density at radius 2 is 0.758 bits per heavy atom. The van der Waals surface area contributed by atoms with Gasteiger partial charge in [-0.25, -0.2) is 14.4 Å². The lowest BCUT2D eigenvalue weighted by atomic mass is 10.1. The van der Waals surface area contributed by atoms with Crippen molar-refractivity contribution >= 4 is 96.7 Å². The van der Waals surface area contributed by atoms with Crippen molar-refractivity contribution in [3.63, 3.8) is 0 Å². The summed E-state index contributed by atoms with van der Waals surface area (Å²) in [6.45, 7) is 11.7. The highest BCUT2D eigenvalue weighted by atomic mass is 32.1. The smallest absolute Gasteiger partial charge is 0.345 e. The van der Waals surface area contributed by atoms with Gasteiger partial charge in [-0.05, 0) is 74.7 Å². The molecule has 9 aromatic rings. The third-order valence-electron chi connectivity index (χ3n) is 16.4. The summed E-state index contributed by atoms with van der Waals surface area (Å²) in [6.07, 6.45) is 1.47. The quantitative estimate of drug-likeness (QED) is 0.0843. The third-order valence-corrected chi connectivity index (χ3v) is 17.3. The second kappa shape index (κ2) is 28.5. The molecular weight excluding hydrogens is 1180 g/mol. The summed E-state index contributed by atoms with van der Waals surface area (Å²) in [6, 6.07) is 38.8. The molecule has 23 heteroatoms. The number of carbonyl (C=O) groups excluding carboxylic acids is 6. The van der Waals surface area contributed by atoms with Gasteiger partial charge in [0.15, 0.2) is 5.76 Å². The molecule has 0 aliphatic carbocycles. The van der Waals surface area contributed by atoms with Crippen molar-refractivity contribution in [1.29, 1.82) is 0 Å². The zero-order chi connectivity index (χ0) is 64.5. The average molecular weight is 1250 g/mol. The Morgan fingerprint density at radius 1 is 0.407 bits per heavy atom. The van der Waals surface area contributed by atoms with Crippen LogP contribution in [0.1, 0.15) is 82.4 Å². The molecule has 0 bridgehead atoms. The molecule has 0 unspecified atom stereocenters. The largest absolute Gasteiger partial charge is 0.462 e. The van der Waals surface area contributed by atoms with Crippen LogP contribution >= 0.6 is 11.3 Å². The molecule has 3 aliphatic rings. The SMILES string of the molecule is CCOC(=O)c1c(N2CCN(C(=O)c3ccccc3)CC2)c2ccccc2n(C)c1=O.CCOC(=O)c1c(N2CCN(C(=O)c3ccco3)CC2)c2ccccc2n(C)c1=O.CCOC(=O)c1c(N2CCN(C(=O)c3cccs3)CC2)c2ccccc2n(C)c1=O. The number of anilines is 3. The molecule has 3 saturated heterocycles. The van der Waals surface area contributed by atoms with E-state index < -0.39 is 23.5 Å². The number of pyridine rings is 3. The van der Waals surface area contributed by atoms with Crippen LogP contribution in [0.4, 0.5) is 17.1 Å². The lowest BCUT2D eigenvalue weighted by Crippen LogP contribution is -2.49. The molecule has 22 nitrogen and oxygen atoms in total. The number of hydrogen-bond acceptors (Lipinski definition) is 17. The topological polar surface area (TPSA) is 229 Å². The van der Waals surface area contributed by atoms with Gasteiger partial charge in [-0.2, -0.15) is 0 Å². The van der Waals surface area contributed by atoms with Crippen molar-refractivity contribution in [3.8, 4) is 0 Å². The number of benzene rings is 4. The first-order valence-electron chi connectivity index (χ1n) is 30.2. The number of fused-ring (bicyclic) bond motifs is 3. The number of thiophene rings is 1. The van der Waals surface area contributed by atoms with Crippen LogP contribution in [0, 0.1) is 0 Å². The van der Waals surface area contributed by atoms with Crippen LogP contribution < -0.4 is 31.4 Å². The zero-order valence-corrected chi connectivity index (χ0v) is 52.4. The van der Waals surface area contributed by atoms with E-state index in [1.54, 1.807) is 63.8 Å². The average Bonchev–Trinajstić information content (AvgIpc) is 1.43. The lowest BCUT2D eigenvalue weighted by Gasteiger charge is -2.37. The Balaban J connectivity index is 0.000000150. The molecule has 91 heavy (non-hydrogen) atoms. The Kier molecular flexibility index (Phi) is 19.9. The maximum absolute atomic E-state index is 13.1. The first-order chi connectivity index (χ1) is 44.1. The van der Waals surface area contributed by atoms with Gasteiger partial charge in [0.2, 0.25) is 0 Å². The molecule has 0 radical (unpaired) electrons. The summed E-state index contributed by atoms with van der Waals surface area (Å²) in [5.41, 5.74) is 3.62. The van der Waals surface area contributed by atoms with E-state index in [1.165, 1.54) is 31.3 Å². The number of para-hydroxylation sites is 3. The fraction of sp³-hybridized carbons (Fsp3) is 0.309. The summed E-state index contributed by atoms with van der Waals surface area (Å²) in [4.78, 5) is 127. The third kappa shape index (κ3) is 13.1. The van der Waals surface area contributed by atoms with Gasteiger partial charge in [0, 0.05) is 121 Å². The molecule has 3 amide bonds. The number of amides is 3. The maximum atomic E-state index is 13.1. The number of esters is 3. The highest BCUT2D eigenvalue weighted by Crippen LogP contribution is 2.34. The maximum Gasteiger partial charge on any atom is 0.345 e. The van der Waals surface area contributed by atoms with E-state index in [9.17, 15) is 43.2 Å². The first-order valence-corrected chi connectivity index (χ1v) is 31.1. The number of hydrogen-bond donors (Lipinski definition) is 0. The molecule has 0 atom stereocenters. The summed E-state index contributed by atoms with van der Waals surface area (Å²) in [7, 11) is 4.97. The van der Waals surface area contributed by atoms with E-state index in [0.29, 0.717) is 107 Å². The summed E-state index contributed by atoms with van der Waals surface area (Å²) in [5, 5.41) is 4.32. The molecule has 0 saturated carbocycles. The Labute approximate surface area is 528 Å². The molecule has 4 aromatic carbocycles. The number of carbonyl (C=O) groups is 6. The highest BCUT2D eigenvalue weighted by Gasteiger charge is 2.34. The van der Waals surface area contributed by atoms with Crippen LogP contribution in [-0.4, -0.2) is 162 Å². The summed E-state index contributed by atoms with van der Waals surface area (Å²) in [5.74, 6) is -1.73. The Hall–Kier alpha value is -10.3. The molecular formula is C68H71N9O13S. The van der Waals surface area contributed by atoms with Crippen LogP contribution in [0.5, 0.6) is 0 Å². The minimum atomic E-state index is -0.632. The molecule has 12 rings (SSSR count). The van der Waals surface area contributed by atoms with Crippen LogP contribution in [0.2, 0.25) is 0 Å². The van der Waals surface area contributed by atoms with Gasteiger partial charge in [0.25, 0.3) is 34.4 Å². The van der Waals surface area contributed by atoms with Gasteiger partial charge in [0.05, 0.1) is 64.6 Å². The van der Waals surface area contributed by atoms with E-state index in [4.69, 9.17) is 18.6 Å². The van der Waals surface area contributed by atoms with Gasteiger partial charge in [0.1, 0.15) is 16.7 Å². The van der Waals surface area contributed by atoms with Crippen molar-refractivity contribution in [2.24, 2.45) is 21.1 Å². The predicted octanol–water partition coefficient (Wildman–Crippen LogP) is 7.69. The monoisotopic (exact) mass is 1250 g/mol. The van der Waals surface area contributed by atoms with Crippen molar-refractivity contribution in [2.45, 2.75) is 20.8 Å². The molecule has 8 heterocycles. The number of aromatic nitrogens is 3. The minimum Gasteiger partial charge on any atom is -0.462 e. The highest BCUT2D eigenvalue weighted by molar-refractivity contribution is 7.12. The number of aryl methyl sites for hydroxylation is 3. The van der Waals surface area contributed by atoms with Crippen molar-refractivity contribution in [3.05, 3.63) is 203 Å². The Morgan fingerprint density at radius 3 is 1.10 bits per heavy atom. The van der Waals surface area contributed by atoms with Crippen molar-refractivity contribution in [2.75, 3.05) is 113 Å². The fourth-order valence-electron chi connectivity index (χ4n) is 11.9. The first kappa shape index (κ1) is 63.7. The predicted molar refractivity (Wildman–Crippen MR) is 349 cm³/mol. The molecule has 472 valence electrons. The van der Waals surface area contributed by atoms with Gasteiger partial charge >= 0.3 is 17.9 Å². The molecule has 5 aromatic heterocycles. The molecule has 3 aliphatic heterocycles. The van der Waals surface area contributed by atoms with Crippen LogP contribution in [0.15, 0.2) is 158 Å². The number of nitrogens with zero attached hydrogens (tertiary/aromatic N) is 9. The summed E-state index contributed by atoms with van der Waals surface area (Å²) < 4.78 is 25.3. The number of furan rings is 1. The fourth-order valence-corrected chi connectivity index (χ4v) is 12.6. The van der Waals surface area contributed by atoms with E-state index >= 15 is 0 Å². The van der Waals surface area contributed by atoms with Gasteiger partial charge in [-0.1, -0.05) is 78.9 Å².